The molecule has 96 valence electrons. The van der Waals surface area contributed by atoms with E-state index in [0.717, 1.165) is 10.9 Å². The molecule has 5 nitrogen and oxygen atoms in total. The number of benzene rings is 1. The van der Waals surface area contributed by atoms with Gasteiger partial charge in [0.2, 0.25) is 0 Å². The number of esters is 1. The van der Waals surface area contributed by atoms with Crippen LogP contribution in [-0.4, -0.2) is 35.9 Å². The fourth-order valence-corrected chi connectivity index (χ4v) is 1.76. The number of hydrogen-bond acceptors (Lipinski definition) is 4. The summed E-state index contributed by atoms with van der Waals surface area (Å²) in [6.07, 6.45) is 0. The Morgan fingerprint density at radius 3 is 2.89 bits per heavy atom. The Morgan fingerprint density at radius 1 is 1.39 bits per heavy atom. The van der Waals surface area contributed by atoms with E-state index in [9.17, 15) is 4.79 Å². The maximum atomic E-state index is 11.8. The summed E-state index contributed by atoms with van der Waals surface area (Å²) in [5, 5.41) is 9.62. The van der Waals surface area contributed by atoms with Crippen molar-refractivity contribution in [3.63, 3.8) is 0 Å². The van der Waals surface area contributed by atoms with Crippen molar-refractivity contribution in [2.45, 2.75) is 6.92 Å². The van der Waals surface area contributed by atoms with Gasteiger partial charge in [-0.3, -0.25) is 0 Å². The number of fused-ring (bicyclic) bond motifs is 1. The molecule has 0 aliphatic heterocycles. The molecule has 2 rings (SSSR count). The molecule has 5 heteroatoms. The van der Waals surface area contributed by atoms with Crippen LogP contribution >= 0.6 is 0 Å². The van der Waals surface area contributed by atoms with E-state index in [1.807, 2.05) is 24.3 Å². The first-order valence-electron chi connectivity index (χ1n) is 5.79. The molecule has 0 saturated heterocycles. The van der Waals surface area contributed by atoms with E-state index in [-0.39, 0.29) is 18.9 Å². The van der Waals surface area contributed by atoms with Crippen molar-refractivity contribution in [2.24, 2.45) is 0 Å². The van der Waals surface area contributed by atoms with Gasteiger partial charge in [0.25, 0.3) is 0 Å². The van der Waals surface area contributed by atoms with Crippen LogP contribution in [0.2, 0.25) is 0 Å². The summed E-state index contributed by atoms with van der Waals surface area (Å²) in [5.41, 5.74) is 1.08. The Hall–Kier alpha value is -2.01. The van der Waals surface area contributed by atoms with Gasteiger partial charge in [-0.25, -0.2) is 4.79 Å². The third kappa shape index (κ3) is 2.31. The lowest BCUT2D eigenvalue weighted by Gasteiger charge is -2.05. The average Bonchev–Trinajstić information content (AvgIpc) is 2.75. The number of aromatic amines is 1. The summed E-state index contributed by atoms with van der Waals surface area (Å²) >= 11 is 0. The molecular weight excluding hydrogens is 234 g/mol. The minimum absolute atomic E-state index is 0.109. The van der Waals surface area contributed by atoms with Crippen molar-refractivity contribution >= 4 is 16.9 Å². The quantitative estimate of drug-likeness (QED) is 0.791. The third-order valence-electron chi connectivity index (χ3n) is 2.48. The molecule has 0 amide bonds. The molecule has 0 radical (unpaired) electrons. The molecule has 0 atom stereocenters. The number of para-hydroxylation sites is 1. The lowest BCUT2D eigenvalue weighted by molar-refractivity contribution is 0.0514. The van der Waals surface area contributed by atoms with Gasteiger partial charge in [-0.15, -0.1) is 0 Å². The monoisotopic (exact) mass is 249 g/mol. The Balaban J connectivity index is 2.46. The van der Waals surface area contributed by atoms with Crippen LogP contribution in [0.5, 0.6) is 5.75 Å². The van der Waals surface area contributed by atoms with Gasteiger partial charge in [-0.05, 0) is 19.1 Å². The first-order chi connectivity index (χ1) is 8.77. The number of rotatable bonds is 5. The van der Waals surface area contributed by atoms with E-state index in [4.69, 9.17) is 14.6 Å². The molecule has 2 aromatic rings. The highest BCUT2D eigenvalue weighted by molar-refractivity contribution is 6.00. The first kappa shape index (κ1) is 12.4. The van der Waals surface area contributed by atoms with Crippen LogP contribution in [-0.2, 0) is 4.74 Å². The smallest absolute Gasteiger partial charge is 0.358 e. The predicted molar refractivity (Wildman–Crippen MR) is 66.8 cm³/mol. The maximum Gasteiger partial charge on any atom is 0.358 e. The number of ether oxygens (including phenoxy) is 2. The second-order valence-electron chi connectivity index (χ2n) is 3.67. The first-order valence-corrected chi connectivity index (χ1v) is 5.79. The summed E-state index contributed by atoms with van der Waals surface area (Å²) in [5.74, 6) is -0.0280. The van der Waals surface area contributed by atoms with Crippen molar-refractivity contribution in [3.05, 3.63) is 30.0 Å². The van der Waals surface area contributed by atoms with E-state index in [0.29, 0.717) is 12.4 Å². The van der Waals surface area contributed by atoms with Gasteiger partial charge in [0, 0.05) is 10.9 Å². The lowest BCUT2D eigenvalue weighted by atomic mass is 10.2. The SMILES string of the molecule is CCOC(=O)c1[nH]c2ccccc2c1OCCO. The number of nitrogens with one attached hydrogen (secondary N) is 1. The zero-order chi connectivity index (χ0) is 13.0. The van der Waals surface area contributed by atoms with Gasteiger partial charge < -0.3 is 19.6 Å². The molecule has 1 aromatic carbocycles. The fraction of sp³-hybridized carbons (Fsp3) is 0.308. The van der Waals surface area contributed by atoms with E-state index in [2.05, 4.69) is 4.98 Å². The molecule has 0 fully saturated rings. The summed E-state index contributed by atoms with van der Waals surface area (Å²) in [4.78, 5) is 14.8. The van der Waals surface area contributed by atoms with Crippen molar-refractivity contribution in [3.8, 4) is 5.75 Å². The molecule has 0 spiro atoms. The Morgan fingerprint density at radius 2 is 2.17 bits per heavy atom. The van der Waals surface area contributed by atoms with Crippen molar-refractivity contribution < 1.29 is 19.4 Å². The van der Waals surface area contributed by atoms with Crippen LogP contribution in [0.3, 0.4) is 0 Å². The Bertz CT molecular complexity index is 547. The lowest BCUT2D eigenvalue weighted by Crippen LogP contribution is -2.09. The van der Waals surface area contributed by atoms with Crippen LogP contribution < -0.4 is 4.74 Å². The molecule has 0 aliphatic carbocycles. The van der Waals surface area contributed by atoms with E-state index >= 15 is 0 Å². The Labute approximate surface area is 104 Å². The molecular formula is C13H15NO4. The topological polar surface area (TPSA) is 71.6 Å². The predicted octanol–water partition coefficient (Wildman–Crippen LogP) is 1.72. The number of carbonyl (C=O) groups is 1. The number of H-pyrrole nitrogens is 1. The highest BCUT2D eigenvalue weighted by atomic mass is 16.5. The van der Waals surface area contributed by atoms with Crippen LogP contribution in [0.15, 0.2) is 24.3 Å². The Kier molecular flexibility index (Phi) is 3.84. The standard InChI is InChI=1S/C13H15NO4/c1-2-17-13(16)11-12(18-8-7-15)9-5-3-4-6-10(9)14-11/h3-6,14-15H,2,7-8H2,1H3. The number of aromatic nitrogens is 1. The van der Waals surface area contributed by atoms with Gasteiger partial charge in [0.1, 0.15) is 6.61 Å². The maximum absolute atomic E-state index is 11.8. The van der Waals surface area contributed by atoms with Crippen LogP contribution in [0, 0.1) is 0 Å². The van der Waals surface area contributed by atoms with Gasteiger partial charge in [-0.1, -0.05) is 12.1 Å². The van der Waals surface area contributed by atoms with Gasteiger partial charge >= 0.3 is 5.97 Å². The molecule has 1 aromatic heterocycles. The van der Waals surface area contributed by atoms with Crippen LogP contribution in [0.1, 0.15) is 17.4 Å². The number of hydrogen-bond donors (Lipinski definition) is 2. The van der Waals surface area contributed by atoms with Crippen molar-refractivity contribution in [1.29, 1.82) is 0 Å². The molecule has 0 unspecified atom stereocenters. The molecule has 0 aliphatic rings. The second-order valence-corrected chi connectivity index (χ2v) is 3.67. The van der Waals surface area contributed by atoms with E-state index in [1.54, 1.807) is 6.92 Å². The number of aliphatic hydroxyl groups excluding tert-OH is 1. The minimum atomic E-state index is -0.457. The van der Waals surface area contributed by atoms with E-state index < -0.39 is 5.97 Å². The normalized spacial score (nSPS) is 10.6. The average molecular weight is 249 g/mol. The largest absolute Gasteiger partial charge is 0.488 e. The van der Waals surface area contributed by atoms with Crippen LogP contribution in [0.25, 0.3) is 10.9 Å². The summed E-state index contributed by atoms with van der Waals surface area (Å²) < 4.78 is 10.4. The van der Waals surface area contributed by atoms with Gasteiger partial charge in [0.05, 0.1) is 13.2 Å². The molecule has 0 bridgehead atoms. The highest BCUT2D eigenvalue weighted by Crippen LogP contribution is 2.30. The summed E-state index contributed by atoms with van der Waals surface area (Å²) in [6.45, 7) is 2.07. The zero-order valence-electron chi connectivity index (χ0n) is 10.1. The van der Waals surface area contributed by atoms with Crippen molar-refractivity contribution in [1.82, 2.24) is 4.98 Å². The fourth-order valence-electron chi connectivity index (χ4n) is 1.76. The zero-order valence-corrected chi connectivity index (χ0v) is 10.1. The minimum Gasteiger partial charge on any atom is -0.488 e. The second kappa shape index (κ2) is 5.55. The number of aliphatic hydroxyl groups is 1. The van der Waals surface area contributed by atoms with Gasteiger partial charge in [-0.2, -0.15) is 0 Å². The highest BCUT2D eigenvalue weighted by Gasteiger charge is 2.19. The summed E-state index contributed by atoms with van der Waals surface area (Å²) in [6, 6.07) is 7.42. The van der Waals surface area contributed by atoms with Crippen molar-refractivity contribution in [2.75, 3.05) is 19.8 Å². The summed E-state index contributed by atoms with van der Waals surface area (Å²) in [7, 11) is 0. The number of carbonyl (C=O) groups excluding carboxylic acids is 1. The van der Waals surface area contributed by atoms with Gasteiger partial charge in [0.15, 0.2) is 11.4 Å². The molecule has 0 saturated carbocycles. The van der Waals surface area contributed by atoms with E-state index in [1.165, 1.54) is 0 Å². The van der Waals surface area contributed by atoms with Crippen LogP contribution in [0.4, 0.5) is 0 Å². The third-order valence-corrected chi connectivity index (χ3v) is 2.48. The molecule has 2 N–H and O–H groups in total. The molecule has 18 heavy (non-hydrogen) atoms. The molecule has 1 heterocycles.